The lowest BCUT2D eigenvalue weighted by Crippen LogP contribution is -2.41. The first-order valence-corrected chi connectivity index (χ1v) is 12.9. The van der Waals surface area contributed by atoms with Gasteiger partial charge in [0.05, 0.1) is 11.6 Å². The summed E-state index contributed by atoms with van der Waals surface area (Å²) >= 11 is 1.29. The molecule has 8 nitrogen and oxygen atoms in total. The lowest BCUT2D eigenvalue weighted by Gasteiger charge is -2.35. The average molecular weight is 515 g/mol. The van der Waals surface area contributed by atoms with E-state index in [1.807, 2.05) is 34.6 Å². The number of hydrogen-bond acceptors (Lipinski definition) is 7. The number of piperidine rings is 1. The Hall–Kier alpha value is -3.27. The van der Waals surface area contributed by atoms with Crippen LogP contribution in [0.4, 0.5) is 9.18 Å². The van der Waals surface area contributed by atoms with Gasteiger partial charge in [0.15, 0.2) is 5.76 Å². The van der Waals surface area contributed by atoms with Crippen molar-refractivity contribution in [2.24, 2.45) is 0 Å². The lowest BCUT2D eigenvalue weighted by atomic mass is 9.96. The predicted octanol–water partition coefficient (Wildman–Crippen LogP) is 6.20. The maximum atomic E-state index is 13.6. The number of rotatable bonds is 5. The zero-order valence-electron chi connectivity index (χ0n) is 21.1. The second-order valence-corrected chi connectivity index (χ2v) is 11.0. The van der Waals surface area contributed by atoms with E-state index in [1.54, 1.807) is 22.4 Å². The van der Waals surface area contributed by atoms with Gasteiger partial charge in [-0.2, -0.15) is 0 Å². The first kappa shape index (κ1) is 25.8. The summed E-state index contributed by atoms with van der Waals surface area (Å²) in [5, 5.41) is 9.40. The molecule has 1 atom stereocenters. The summed E-state index contributed by atoms with van der Waals surface area (Å²) in [6.45, 7) is 9.76. The zero-order valence-corrected chi connectivity index (χ0v) is 21.9. The Morgan fingerprint density at radius 3 is 2.61 bits per heavy atom. The lowest BCUT2D eigenvalue weighted by molar-refractivity contribution is 0.00622. The van der Waals surface area contributed by atoms with Crippen LogP contribution < -0.4 is 5.32 Å². The Balaban J connectivity index is 1.79. The average Bonchev–Trinajstić information content (AvgIpc) is 3.45. The summed E-state index contributed by atoms with van der Waals surface area (Å²) < 4.78 is 25.2. The number of amides is 2. The van der Waals surface area contributed by atoms with E-state index in [-0.39, 0.29) is 23.5 Å². The fraction of sp³-hybridized carbons (Fsp3) is 0.462. The zero-order chi connectivity index (χ0) is 26.0. The number of nitrogens with one attached hydrogen (secondary N) is 1. The van der Waals surface area contributed by atoms with Gasteiger partial charge in [0.2, 0.25) is 0 Å². The van der Waals surface area contributed by atoms with Crippen molar-refractivity contribution in [2.75, 3.05) is 6.54 Å². The molecule has 4 rings (SSSR count). The molecule has 1 aliphatic heterocycles. The molecule has 1 aliphatic rings. The molecule has 1 aromatic carbocycles. The van der Waals surface area contributed by atoms with Crippen LogP contribution in [-0.2, 0) is 4.74 Å². The fourth-order valence-electron chi connectivity index (χ4n) is 4.11. The molecule has 1 N–H and O–H groups in total. The van der Waals surface area contributed by atoms with Gasteiger partial charge in [-0.1, -0.05) is 5.16 Å². The topological polar surface area (TPSA) is 97.6 Å². The number of carbonyl (C=O) groups excluding carboxylic acids is 2. The number of likely N-dealkylation sites (tertiary alicyclic amines) is 1. The van der Waals surface area contributed by atoms with Crippen LogP contribution in [0, 0.1) is 5.82 Å². The van der Waals surface area contributed by atoms with E-state index in [1.165, 1.54) is 23.5 Å². The smallest absolute Gasteiger partial charge is 0.410 e. The Morgan fingerprint density at radius 1 is 1.22 bits per heavy atom. The number of benzene rings is 1. The Morgan fingerprint density at radius 2 is 1.94 bits per heavy atom. The van der Waals surface area contributed by atoms with Crippen molar-refractivity contribution in [1.29, 1.82) is 0 Å². The Labute approximate surface area is 213 Å². The summed E-state index contributed by atoms with van der Waals surface area (Å²) in [6, 6.07) is 5.49. The van der Waals surface area contributed by atoms with Gasteiger partial charge in [0.25, 0.3) is 5.91 Å². The summed E-state index contributed by atoms with van der Waals surface area (Å²) in [5.41, 5.74) is 1.36. The van der Waals surface area contributed by atoms with Crippen molar-refractivity contribution in [3.63, 3.8) is 0 Å². The molecule has 1 unspecified atom stereocenters. The summed E-state index contributed by atoms with van der Waals surface area (Å²) in [5.74, 6) is -0.166. The van der Waals surface area contributed by atoms with Crippen LogP contribution in [0.25, 0.3) is 21.8 Å². The third-order valence-corrected chi connectivity index (χ3v) is 6.50. The Kier molecular flexibility index (Phi) is 7.44. The third kappa shape index (κ3) is 5.75. The van der Waals surface area contributed by atoms with Crippen LogP contribution >= 0.6 is 11.3 Å². The molecule has 192 valence electrons. The van der Waals surface area contributed by atoms with Crippen LogP contribution in [0.1, 0.15) is 76.2 Å². The van der Waals surface area contributed by atoms with Gasteiger partial charge >= 0.3 is 6.09 Å². The molecule has 3 heterocycles. The minimum absolute atomic E-state index is 0.0341. The maximum absolute atomic E-state index is 13.6. The summed E-state index contributed by atoms with van der Waals surface area (Å²) in [7, 11) is 0. The predicted molar refractivity (Wildman–Crippen MR) is 135 cm³/mol. The Bertz CT molecular complexity index is 1230. The second-order valence-electron chi connectivity index (χ2n) is 10.1. The molecule has 2 amide bonds. The van der Waals surface area contributed by atoms with Crippen LogP contribution in [0.2, 0.25) is 0 Å². The van der Waals surface area contributed by atoms with Crippen LogP contribution in [0.15, 0.2) is 34.2 Å². The number of nitrogens with zero attached hydrogens (tertiary/aromatic N) is 3. The molecule has 3 aromatic rings. The summed E-state index contributed by atoms with van der Waals surface area (Å²) in [6.07, 6.45) is 1.99. The number of ether oxygens (including phenoxy) is 1. The van der Waals surface area contributed by atoms with Crippen LogP contribution in [0.3, 0.4) is 0 Å². The SMILES string of the molecule is CC(C)NC(=O)c1csc(-c2c(-c3ccc(F)cc3)noc2C2CCCCN2C(=O)OC(C)(C)C)n1. The fourth-order valence-corrected chi connectivity index (χ4v) is 4.96. The van der Waals surface area contributed by atoms with Gasteiger partial charge in [0.1, 0.15) is 27.8 Å². The van der Waals surface area contributed by atoms with E-state index in [0.29, 0.717) is 40.6 Å². The molecule has 0 aliphatic carbocycles. The highest BCUT2D eigenvalue weighted by atomic mass is 32.1. The molecule has 1 fully saturated rings. The number of thiazole rings is 1. The minimum atomic E-state index is -0.642. The second kappa shape index (κ2) is 10.4. The quantitative estimate of drug-likeness (QED) is 0.435. The van der Waals surface area contributed by atoms with Crippen LogP contribution in [-0.4, -0.2) is 45.2 Å². The highest BCUT2D eigenvalue weighted by molar-refractivity contribution is 7.13. The van der Waals surface area contributed by atoms with Crippen molar-refractivity contribution in [3.05, 3.63) is 46.9 Å². The first-order valence-electron chi connectivity index (χ1n) is 12.1. The number of carbonyl (C=O) groups is 2. The van der Waals surface area contributed by atoms with E-state index >= 15 is 0 Å². The third-order valence-electron chi connectivity index (χ3n) is 5.64. The molecular weight excluding hydrogens is 483 g/mol. The molecule has 0 bridgehead atoms. The van der Waals surface area contributed by atoms with Crippen molar-refractivity contribution < 1.29 is 23.2 Å². The number of hydrogen-bond donors (Lipinski definition) is 1. The van der Waals surface area contributed by atoms with Gasteiger partial charge in [0, 0.05) is 23.5 Å². The van der Waals surface area contributed by atoms with Gasteiger partial charge in [-0.3, -0.25) is 9.69 Å². The van der Waals surface area contributed by atoms with Gasteiger partial charge in [-0.25, -0.2) is 14.2 Å². The van der Waals surface area contributed by atoms with E-state index in [0.717, 1.165) is 12.8 Å². The van der Waals surface area contributed by atoms with Crippen molar-refractivity contribution in [1.82, 2.24) is 20.4 Å². The molecule has 10 heteroatoms. The molecule has 0 radical (unpaired) electrons. The van der Waals surface area contributed by atoms with Crippen molar-refractivity contribution >= 4 is 23.3 Å². The summed E-state index contributed by atoms with van der Waals surface area (Å²) in [4.78, 5) is 31.9. The van der Waals surface area contributed by atoms with E-state index < -0.39 is 17.7 Å². The van der Waals surface area contributed by atoms with E-state index in [4.69, 9.17) is 9.26 Å². The molecule has 2 aromatic heterocycles. The van der Waals surface area contributed by atoms with E-state index in [2.05, 4.69) is 15.5 Å². The van der Waals surface area contributed by atoms with Crippen LogP contribution in [0.5, 0.6) is 0 Å². The van der Waals surface area contributed by atoms with E-state index in [9.17, 15) is 14.0 Å². The number of aromatic nitrogens is 2. The highest BCUT2D eigenvalue weighted by Gasteiger charge is 2.37. The normalized spacial score (nSPS) is 16.3. The van der Waals surface area contributed by atoms with Crippen molar-refractivity contribution in [3.8, 4) is 21.8 Å². The molecule has 1 saturated heterocycles. The largest absolute Gasteiger partial charge is 0.444 e. The number of halogens is 1. The standard InChI is InChI=1S/C26H31FN4O4S/c1-15(2)28-23(32)18-14-36-24(29-18)20-21(16-9-11-17(27)12-10-16)30-35-22(20)19-8-6-7-13-31(19)25(33)34-26(3,4)5/h9-12,14-15,19H,6-8,13H2,1-5H3,(H,28,32). The molecular formula is C26H31FN4O4S. The minimum Gasteiger partial charge on any atom is -0.444 e. The maximum Gasteiger partial charge on any atom is 0.410 e. The molecule has 0 saturated carbocycles. The monoisotopic (exact) mass is 514 g/mol. The highest BCUT2D eigenvalue weighted by Crippen LogP contribution is 2.43. The molecule has 36 heavy (non-hydrogen) atoms. The van der Waals surface area contributed by atoms with Gasteiger partial charge < -0.3 is 14.6 Å². The molecule has 0 spiro atoms. The van der Waals surface area contributed by atoms with Crippen molar-refractivity contribution in [2.45, 2.75) is 71.6 Å². The van der Waals surface area contributed by atoms with Gasteiger partial charge in [-0.15, -0.1) is 11.3 Å². The first-order chi connectivity index (χ1) is 17.0. The van der Waals surface area contributed by atoms with Gasteiger partial charge in [-0.05, 0) is 78.1 Å².